The van der Waals surface area contributed by atoms with Gasteiger partial charge in [-0.15, -0.1) is 5.10 Å². The Bertz CT molecular complexity index is 1890. The lowest BCUT2D eigenvalue weighted by Crippen LogP contribution is -2.36. The van der Waals surface area contributed by atoms with Crippen molar-refractivity contribution in [1.29, 1.82) is 0 Å². The Morgan fingerprint density at radius 3 is 2.44 bits per heavy atom. The number of alkyl halides is 3. The summed E-state index contributed by atoms with van der Waals surface area (Å²) in [5, 5.41) is 4.80. The molecule has 3 fully saturated rings. The first-order valence-electron chi connectivity index (χ1n) is 19.8. The Labute approximate surface area is 354 Å². The lowest BCUT2D eigenvalue weighted by atomic mass is 9.93. The van der Waals surface area contributed by atoms with E-state index in [0.717, 1.165) is 43.7 Å². The van der Waals surface area contributed by atoms with Crippen molar-refractivity contribution >= 4 is 41.7 Å². The highest BCUT2D eigenvalue weighted by Crippen LogP contribution is 2.59. The maximum Gasteiger partial charge on any atom is 0.394 e. The van der Waals surface area contributed by atoms with Gasteiger partial charge in [-0.1, -0.05) is 17.7 Å². The number of anilines is 1. The Morgan fingerprint density at radius 2 is 1.86 bits per heavy atom. The molecule has 1 saturated carbocycles. The van der Waals surface area contributed by atoms with E-state index in [1.54, 1.807) is 12.3 Å². The Balaban J connectivity index is 0.000000867. The number of likely N-dealkylation sites (tertiary alicyclic amines) is 1. The minimum Gasteiger partial charge on any atom is -0.477 e. The number of halogens is 4. The van der Waals surface area contributed by atoms with E-state index in [2.05, 4.69) is 50.2 Å². The zero-order valence-corrected chi connectivity index (χ0v) is 36.7. The minimum atomic E-state index is -4.23. The zero-order chi connectivity index (χ0) is 43.2. The highest BCUT2D eigenvalue weighted by molar-refractivity contribution is 7.97. The van der Waals surface area contributed by atoms with Crippen LogP contribution in [-0.2, 0) is 19.0 Å². The van der Waals surface area contributed by atoms with E-state index in [1.165, 1.54) is 23.2 Å². The molecular weight excluding hydrogens is 811 g/mol. The minimum absolute atomic E-state index is 0.0409. The number of nitrogens with one attached hydrogen (secondary N) is 1. The fourth-order valence-electron chi connectivity index (χ4n) is 7.07. The standard InChI is InChI=1S/C36H47ClF3N7O4S.C5H10O2/c1-33(2)20-24(21-45(33)5)8-7-17-46(22-25-23-50-34(3,4)51-25)27-9-6-10-30(41-27)52-44-32(48)26-11-12-28(42-31(26)37)47-18-13-29(43-47)49-19-16-35(14-15-35)36(38,39)40;1-5(2,3)7-4-6/h6,9-13,18,24-25H,7-8,14-17,19-23H2,1-5H3,(H,44,48);4H,1-3H3. The Morgan fingerprint density at radius 1 is 1.12 bits per heavy atom. The topological polar surface area (TPSA) is 133 Å². The molecule has 0 spiro atoms. The van der Waals surface area contributed by atoms with Crippen LogP contribution in [0.2, 0.25) is 5.15 Å². The van der Waals surface area contributed by atoms with Crippen molar-refractivity contribution < 1.29 is 41.7 Å². The van der Waals surface area contributed by atoms with Crippen LogP contribution in [0.1, 0.15) is 97.3 Å². The summed E-state index contributed by atoms with van der Waals surface area (Å²) in [6.07, 6.45) is 0.680. The van der Waals surface area contributed by atoms with Crippen LogP contribution in [-0.4, -0.2) is 106 Å². The van der Waals surface area contributed by atoms with Crippen molar-refractivity contribution in [1.82, 2.24) is 29.4 Å². The van der Waals surface area contributed by atoms with Crippen LogP contribution in [0, 0.1) is 11.3 Å². The largest absolute Gasteiger partial charge is 0.477 e. The average Bonchev–Trinajstić information content (AvgIpc) is 3.54. The second-order valence-corrected chi connectivity index (χ2v) is 18.7. The molecule has 0 radical (unpaired) electrons. The van der Waals surface area contributed by atoms with Gasteiger partial charge in [0.2, 0.25) is 5.88 Å². The second-order valence-electron chi connectivity index (χ2n) is 17.5. The molecule has 0 aromatic carbocycles. The number of hydrogen-bond donors (Lipinski definition) is 1. The predicted molar refractivity (Wildman–Crippen MR) is 220 cm³/mol. The highest BCUT2D eigenvalue weighted by Gasteiger charge is 2.62. The van der Waals surface area contributed by atoms with Gasteiger partial charge in [-0.05, 0) is 124 Å². The molecule has 18 heteroatoms. The molecule has 3 aromatic heterocycles. The Hall–Kier alpha value is -3.64. The summed E-state index contributed by atoms with van der Waals surface area (Å²) in [5.74, 6) is 0.840. The van der Waals surface area contributed by atoms with E-state index in [0.29, 0.717) is 36.4 Å². The first-order valence-corrected chi connectivity index (χ1v) is 21.0. The van der Waals surface area contributed by atoms with Crippen molar-refractivity contribution in [3.05, 3.63) is 53.3 Å². The fraction of sp³-hybridized carbons (Fsp3) is 0.634. The molecule has 1 aliphatic carbocycles. The molecule has 2 atom stereocenters. The summed E-state index contributed by atoms with van der Waals surface area (Å²) in [4.78, 5) is 36.6. The summed E-state index contributed by atoms with van der Waals surface area (Å²) < 4.78 is 65.8. The van der Waals surface area contributed by atoms with Gasteiger partial charge in [0, 0.05) is 49.4 Å². The predicted octanol–water partition coefficient (Wildman–Crippen LogP) is 8.29. The van der Waals surface area contributed by atoms with Crippen LogP contribution in [0.15, 0.2) is 47.6 Å². The molecule has 2 unspecified atom stereocenters. The van der Waals surface area contributed by atoms with E-state index < -0.39 is 23.3 Å². The fourth-order valence-corrected chi connectivity index (χ4v) is 7.90. The number of rotatable bonds is 16. The van der Waals surface area contributed by atoms with Crippen LogP contribution in [0.4, 0.5) is 19.0 Å². The molecule has 326 valence electrons. The maximum atomic E-state index is 13.2. The number of amides is 1. The molecule has 3 aromatic rings. The van der Waals surface area contributed by atoms with Crippen LogP contribution >= 0.6 is 23.5 Å². The van der Waals surface area contributed by atoms with Crippen LogP contribution in [0.3, 0.4) is 0 Å². The molecule has 13 nitrogen and oxygen atoms in total. The first-order chi connectivity index (χ1) is 27.6. The third-order valence-electron chi connectivity index (χ3n) is 10.7. The van der Waals surface area contributed by atoms with E-state index in [1.807, 2.05) is 52.8 Å². The molecule has 5 heterocycles. The third kappa shape index (κ3) is 13.2. The SMILES string of the molecule is CC(C)(C)OC=O.CN1CC(CCCN(CC2COC(C)(C)O2)c2cccc(SNC(=O)c3ccc(-n4ccc(OCCC5(C(F)(F)F)CC5)n4)nc3Cl)n2)CC1(C)C. The third-order valence-corrected chi connectivity index (χ3v) is 11.7. The normalized spacial score (nSPS) is 20.7. The van der Waals surface area contributed by atoms with E-state index in [9.17, 15) is 22.8 Å². The lowest BCUT2D eigenvalue weighted by Gasteiger charge is -2.27. The molecule has 3 aliphatic rings. The van der Waals surface area contributed by atoms with Crippen molar-refractivity contribution in [2.75, 3.05) is 44.8 Å². The maximum absolute atomic E-state index is 13.2. The van der Waals surface area contributed by atoms with E-state index >= 15 is 0 Å². The Kier molecular flexibility index (Phi) is 14.9. The van der Waals surface area contributed by atoms with Gasteiger partial charge in [-0.3, -0.25) is 14.3 Å². The average molecular weight is 868 g/mol. The van der Waals surface area contributed by atoms with Crippen LogP contribution in [0.5, 0.6) is 5.88 Å². The van der Waals surface area contributed by atoms with E-state index in [4.69, 9.17) is 30.8 Å². The number of ether oxygens (including phenoxy) is 4. The van der Waals surface area contributed by atoms with Gasteiger partial charge in [0.15, 0.2) is 11.6 Å². The summed E-state index contributed by atoms with van der Waals surface area (Å²) >= 11 is 7.51. The number of nitrogens with zero attached hydrogens (tertiary/aromatic N) is 6. The van der Waals surface area contributed by atoms with Gasteiger partial charge in [-0.2, -0.15) is 13.2 Å². The molecule has 0 bridgehead atoms. The second kappa shape index (κ2) is 19.0. The van der Waals surface area contributed by atoms with Gasteiger partial charge in [0.25, 0.3) is 12.4 Å². The van der Waals surface area contributed by atoms with Crippen molar-refractivity contribution in [3.63, 3.8) is 0 Å². The molecule has 1 amide bonds. The number of pyridine rings is 2. The van der Waals surface area contributed by atoms with Gasteiger partial charge in [-0.25, -0.2) is 14.6 Å². The molecule has 59 heavy (non-hydrogen) atoms. The van der Waals surface area contributed by atoms with Crippen LogP contribution in [0.25, 0.3) is 5.82 Å². The first kappa shape index (κ1) is 46.4. The smallest absolute Gasteiger partial charge is 0.394 e. The highest BCUT2D eigenvalue weighted by atomic mass is 35.5. The number of aromatic nitrogens is 4. The number of carbonyl (C=O) groups excluding carboxylic acids is 2. The van der Waals surface area contributed by atoms with Crippen molar-refractivity contribution in [2.45, 2.75) is 121 Å². The van der Waals surface area contributed by atoms with Gasteiger partial charge >= 0.3 is 6.18 Å². The number of hydrogen-bond acceptors (Lipinski definition) is 12. The van der Waals surface area contributed by atoms with Crippen molar-refractivity contribution in [3.8, 4) is 11.7 Å². The summed E-state index contributed by atoms with van der Waals surface area (Å²) in [6, 6.07) is 10.4. The summed E-state index contributed by atoms with van der Waals surface area (Å²) in [7, 11) is 2.20. The molecular formula is C41H57ClF3N7O6S. The van der Waals surface area contributed by atoms with Crippen molar-refractivity contribution in [2.24, 2.45) is 11.3 Å². The molecule has 1 N–H and O–H groups in total. The quantitative estimate of drug-likeness (QED) is 0.0844. The van der Waals surface area contributed by atoms with Gasteiger partial charge in [0.1, 0.15) is 27.7 Å². The number of carbonyl (C=O) groups is 2. The van der Waals surface area contributed by atoms with Crippen LogP contribution < -0.4 is 14.4 Å². The zero-order valence-electron chi connectivity index (χ0n) is 35.1. The molecule has 2 saturated heterocycles. The monoisotopic (exact) mass is 867 g/mol. The lowest BCUT2D eigenvalue weighted by molar-refractivity contribution is -0.190. The molecule has 2 aliphatic heterocycles. The summed E-state index contributed by atoms with van der Waals surface area (Å²) in [5.41, 5.74) is -1.58. The molecule has 6 rings (SSSR count). The van der Waals surface area contributed by atoms with E-state index in [-0.39, 0.29) is 59.7 Å². The van der Waals surface area contributed by atoms with Gasteiger partial charge < -0.3 is 28.7 Å². The summed E-state index contributed by atoms with van der Waals surface area (Å²) in [6.45, 7) is 17.3. The van der Waals surface area contributed by atoms with Gasteiger partial charge in [0.05, 0.1) is 24.2 Å².